The Kier molecular flexibility index (Phi) is 6.37. The van der Waals surface area contributed by atoms with Crippen molar-refractivity contribution in [3.05, 3.63) is 35.9 Å². The summed E-state index contributed by atoms with van der Waals surface area (Å²) in [5.74, 6) is -0.370. The average molecular weight is 332 g/mol. The quantitative estimate of drug-likeness (QED) is 0.680. The highest BCUT2D eigenvalue weighted by Gasteiger charge is 2.25. The van der Waals surface area contributed by atoms with Crippen molar-refractivity contribution < 1.29 is 19.1 Å². The Bertz CT molecular complexity index is 588. The Morgan fingerprint density at radius 2 is 1.88 bits per heavy atom. The molecule has 0 radical (unpaired) electrons. The number of anilines is 1. The third kappa shape index (κ3) is 5.38. The van der Waals surface area contributed by atoms with E-state index in [4.69, 9.17) is 9.47 Å². The van der Waals surface area contributed by atoms with Gasteiger partial charge in [-0.15, -0.1) is 0 Å². The second kappa shape index (κ2) is 8.49. The number of urea groups is 1. The van der Waals surface area contributed by atoms with Crippen LogP contribution in [-0.4, -0.2) is 48.8 Å². The number of hydrogen-bond acceptors (Lipinski definition) is 4. The van der Waals surface area contributed by atoms with Crippen molar-refractivity contribution in [2.45, 2.75) is 33.0 Å². The van der Waals surface area contributed by atoms with Gasteiger partial charge in [-0.05, 0) is 44.5 Å². The highest BCUT2D eigenvalue weighted by molar-refractivity contribution is 5.90. The second-order valence-electron chi connectivity index (χ2n) is 5.80. The van der Waals surface area contributed by atoms with Crippen LogP contribution >= 0.6 is 0 Å². The molecule has 2 amide bonds. The van der Waals surface area contributed by atoms with Crippen LogP contribution in [0.5, 0.6) is 0 Å². The maximum Gasteiger partial charge on any atom is 0.330 e. The van der Waals surface area contributed by atoms with E-state index in [9.17, 15) is 9.59 Å². The maximum absolute atomic E-state index is 12.3. The molecule has 1 aliphatic heterocycles. The van der Waals surface area contributed by atoms with Gasteiger partial charge >= 0.3 is 12.0 Å². The van der Waals surface area contributed by atoms with Crippen LogP contribution in [0.1, 0.15) is 26.3 Å². The number of nitrogens with one attached hydrogen (secondary N) is 1. The molecular formula is C18H24N2O4. The number of rotatable bonds is 4. The average Bonchev–Trinajstić information content (AvgIpc) is 2.53. The molecule has 6 nitrogen and oxygen atoms in total. The van der Waals surface area contributed by atoms with E-state index in [-0.39, 0.29) is 24.2 Å². The van der Waals surface area contributed by atoms with Gasteiger partial charge in [-0.25, -0.2) is 9.59 Å². The summed E-state index contributed by atoms with van der Waals surface area (Å²) in [6.07, 6.45) is 3.13. The van der Waals surface area contributed by atoms with E-state index in [1.54, 1.807) is 30.0 Å². The van der Waals surface area contributed by atoms with Gasteiger partial charge in [0, 0.05) is 24.9 Å². The van der Waals surface area contributed by atoms with Crippen LogP contribution in [0.25, 0.3) is 6.08 Å². The van der Waals surface area contributed by atoms with Crippen molar-refractivity contribution >= 4 is 23.8 Å². The van der Waals surface area contributed by atoms with Gasteiger partial charge in [0.05, 0.1) is 18.8 Å². The van der Waals surface area contributed by atoms with Gasteiger partial charge in [0.15, 0.2) is 0 Å². The lowest BCUT2D eigenvalue weighted by Gasteiger charge is -2.35. The topological polar surface area (TPSA) is 67.9 Å². The normalized spacial score (nSPS) is 20.9. The molecule has 1 fully saturated rings. The molecule has 1 aromatic carbocycles. The minimum Gasteiger partial charge on any atom is -0.463 e. The summed E-state index contributed by atoms with van der Waals surface area (Å²) in [5, 5.41) is 2.88. The third-order valence-electron chi connectivity index (χ3n) is 3.57. The van der Waals surface area contributed by atoms with Gasteiger partial charge in [0.1, 0.15) is 0 Å². The molecule has 130 valence electrons. The van der Waals surface area contributed by atoms with Crippen LogP contribution in [-0.2, 0) is 14.3 Å². The van der Waals surface area contributed by atoms with E-state index >= 15 is 0 Å². The molecule has 0 aromatic heterocycles. The van der Waals surface area contributed by atoms with Crippen LogP contribution in [0.4, 0.5) is 10.5 Å². The van der Waals surface area contributed by atoms with Gasteiger partial charge in [0.25, 0.3) is 0 Å². The summed E-state index contributed by atoms with van der Waals surface area (Å²) in [5.41, 5.74) is 1.56. The number of benzene rings is 1. The molecule has 2 rings (SSSR count). The Morgan fingerprint density at radius 1 is 1.25 bits per heavy atom. The van der Waals surface area contributed by atoms with Crippen LogP contribution in [0.3, 0.4) is 0 Å². The molecule has 1 aliphatic rings. The lowest BCUT2D eigenvalue weighted by atomic mass is 10.2. The number of nitrogens with zero attached hydrogens (tertiary/aromatic N) is 1. The maximum atomic E-state index is 12.3. The summed E-state index contributed by atoms with van der Waals surface area (Å²) in [7, 11) is 0. The molecule has 24 heavy (non-hydrogen) atoms. The van der Waals surface area contributed by atoms with Crippen molar-refractivity contribution in [3.63, 3.8) is 0 Å². The SMILES string of the molecule is CCOC(=O)C=Cc1ccc(NC(=O)N2CC(C)OC(C)C2)cc1. The molecule has 0 saturated carbocycles. The zero-order valence-electron chi connectivity index (χ0n) is 14.3. The van der Waals surface area contributed by atoms with Gasteiger partial charge < -0.3 is 19.7 Å². The first-order valence-electron chi connectivity index (χ1n) is 8.14. The molecule has 1 aromatic rings. The lowest BCUT2D eigenvalue weighted by Crippen LogP contribution is -2.49. The van der Waals surface area contributed by atoms with Crippen LogP contribution in [0.15, 0.2) is 30.3 Å². The molecule has 6 heteroatoms. The van der Waals surface area contributed by atoms with Crippen molar-refractivity contribution in [2.24, 2.45) is 0 Å². The molecule has 1 heterocycles. The monoisotopic (exact) mass is 332 g/mol. The molecule has 0 aliphatic carbocycles. The summed E-state index contributed by atoms with van der Waals surface area (Å²) in [6.45, 7) is 7.19. The molecule has 2 atom stereocenters. The van der Waals surface area contributed by atoms with Crippen molar-refractivity contribution in [2.75, 3.05) is 25.0 Å². The second-order valence-corrected chi connectivity index (χ2v) is 5.80. The van der Waals surface area contributed by atoms with Gasteiger partial charge in [-0.1, -0.05) is 12.1 Å². The van der Waals surface area contributed by atoms with Gasteiger partial charge in [0.2, 0.25) is 0 Å². The fourth-order valence-corrected chi connectivity index (χ4v) is 2.58. The van der Waals surface area contributed by atoms with E-state index in [0.29, 0.717) is 25.4 Å². The smallest absolute Gasteiger partial charge is 0.330 e. The Hall–Kier alpha value is -2.34. The van der Waals surface area contributed by atoms with Gasteiger partial charge in [-0.2, -0.15) is 0 Å². The summed E-state index contributed by atoms with van der Waals surface area (Å²) in [4.78, 5) is 25.3. The van der Waals surface area contributed by atoms with E-state index in [1.807, 2.05) is 26.0 Å². The summed E-state index contributed by atoms with van der Waals surface area (Å²) < 4.78 is 10.5. The first kappa shape index (κ1) is 18.0. The van der Waals surface area contributed by atoms with Gasteiger partial charge in [-0.3, -0.25) is 0 Å². The zero-order valence-corrected chi connectivity index (χ0v) is 14.3. The molecule has 2 unspecified atom stereocenters. The largest absolute Gasteiger partial charge is 0.463 e. The van der Waals surface area contributed by atoms with Crippen LogP contribution < -0.4 is 5.32 Å². The molecule has 1 N–H and O–H groups in total. The fourth-order valence-electron chi connectivity index (χ4n) is 2.58. The number of ether oxygens (including phenoxy) is 2. The third-order valence-corrected chi connectivity index (χ3v) is 3.57. The minimum atomic E-state index is -0.370. The fraction of sp³-hybridized carbons (Fsp3) is 0.444. The van der Waals surface area contributed by atoms with E-state index in [2.05, 4.69) is 5.32 Å². The van der Waals surface area contributed by atoms with Crippen molar-refractivity contribution in [1.82, 2.24) is 4.90 Å². The Balaban J connectivity index is 1.91. The highest BCUT2D eigenvalue weighted by Crippen LogP contribution is 2.15. The standard InChI is InChI=1S/C18H24N2O4/c1-4-23-17(21)10-7-15-5-8-16(9-6-15)19-18(22)20-11-13(2)24-14(3)12-20/h5-10,13-14H,4,11-12H2,1-3H3,(H,19,22). The Labute approximate surface area is 142 Å². The Morgan fingerprint density at radius 3 is 2.46 bits per heavy atom. The number of carbonyl (C=O) groups excluding carboxylic acids is 2. The lowest BCUT2D eigenvalue weighted by molar-refractivity contribution is -0.137. The predicted molar refractivity (Wildman–Crippen MR) is 92.7 cm³/mol. The van der Waals surface area contributed by atoms with E-state index < -0.39 is 0 Å². The molecule has 1 saturated heterocycles. The number of esters is 1. The highest BCUT2D eigenvalue weighted by atomic mass is 16.5. The molecular weight excluding hydrogens is 308 g/mol. The zero-order chi connectivity index (χ0) is 17.5. The summed E-state index contributed by atoms with van der Waals surface area (Å²) >= 11 is 0. The van der Waals surface area contributed by atoms with E-state index in [1.165, 1.54) is 6.08 Å². The number of carbonyl (C=O) groups is 2. The number of hydrogen-bond donors (Lipinski definition) is 1. The van der Waals surface area contributed by atoms with Crippen LogP contribution in [0, 0.1) is 0 Å². The first-order valence-corrected chi connectivity index (χ1v) is 8.14. The first-order chi connectivity index (χ1) is 11.5. The predicted octanol–water partition coefficient (Wildman–Crippen LogP) is 2.90. The van der Waals surface area contributed by atoms with E-state index in [0.717, 1.165) is 5.56 Å². The van der Waals surface area contributed by atoms with Crippen molar-refractivity contribution in [3.8, 4) is 0 Å². The summed E-state index contributed by atoms with van der Waals surface area (Å²) in [6, 6.07) is 7.13. The van der Waals surface area contributed by atoms with Crippen LogP contribution in [0.2, 0.25) is 0 Å². The number of amides is 2. The molecule has 0 bridgehead atoms. The number of morpholine rings is 1. The van der Waals surface area contributed by atoms with Crippen molar-refractivity contribution in [1.29, 1.82) is 0 Å². The minimum absolute atomic E-state index is 0.0369. The molecule has 0 spiro atoms.